The lowest BCUT2D eigenvalue weighted by atomic mass is 9.92. The number of benzene rings is 2. The molecule has 0 aliphatic heterocycles. The van der Waals surface area contributed by atoms with Crippen molar-refractivity contribution in [3.8, 4) is 0 Å². The van der Waals surface area contributed by atoms with Crippen LogP contribution in [0.5, 0.6) is 0 Å². The summed E-state index contributed by atoms with van der Waals surface area (Å²) in [5.74, 6) is 1.90. The predicted octanol–water partition coefficient (Wildman–Crippen LogP) is 8.72. The van der Waals surface area contributed by atoms with Gasteiger partial charge in [0.15, 0.2) is 11.6 Å². The van der Waals surface area contributed by atoms with Gasteiger partial charge in [-0.2, -0.15) is 0 Å². The molecule has 2 aromatic carbocycles. The summed E-state index contributed by atoms with van der Waals surface area (Å²) >= 11 is 0. The molecule has 2 heteroatoms. The molecule has 0 saturated heterocycles. The van der Waals surface area contributed by atoms with Crippen LogP contribution in [0.25, 0.3) is 0 Å². The minimum Gasteiger partial charge on any atom is -0.294 e. The molecule has 32 heavy (non-hydrogen) atoms. The summed E-state index contributed by atoms with van der Waals surface area (Å²) in [7, 11) is 0. The van der Waals surface area contributed by atoms with Gasteiger partial charge in [0.1, 0.15) is 0 Å². The third-order valence-electron chi connectivity index (χ3n) is 4.84. The van der Waals surface area contributed by atoms with E-state index in [1.165, 1.54) is 11.1 Å². The highest BCUT2D eigenvalue weighted by Crippen LogP contribution is 2.17. The number of hydrogen-bond acceptors (Lipinski definition) is 2. The monoisotopic (exact) mass is 440 g/mol. The zero-order valence-corrected chi connectivity index (χ0v) is 20.2. The molecule has 0 aliphatic carbocycles. The number of ketones is 2. The average Bonchev–Trinajstić information content (AvgIpc) is 2.67. The fraction of sp³-hybridized carbons (Fsp3) is 0.533. The average molecular weight is 441 g/mol. The van der Waals surface area contributed by atoms with Gasteiger partial charge in [0.2, 0.25) is 0 Å². The fourth-order valence-corrected chi connectivity index (χ4v) is 3.30. The molecule has 0 heterocycles. The van der Waals surface area contributed by atoms with Crippen LogP contribution in [0.1, 0.15) is 102 Å². The maximum atomic E-state index is 11.9. The molecule has 0 fully saturated rings. The van der Waals surface area contributed by atoms with Gasteiger partial charge in [-0.3, -0.25) is 9.59 Å². The Morgan fingerprint density at radius 1 is 0.625 bits per heavy atom. The number of rotatable bonds is 8. The minimum absolute atomic E-state index is 0. The highest BCUT2D eigenvalue weighted by atomic mass is 16.1. The molecule has 0 aliphatic rings. The Bertz CT molecular complexity index is 796. The second kappa shape index (κ2) is 15.6. The first kappa shape index (κ1) is 32.0. The van der Waals surface area contributed by atoms with Crippen LogP contribution < -0.4 is 0 Å². The van der Waals surface area contributed by atoms with Gasteiger partial charge in [0.05, 0.1) is 0 Å². The maximum absolute atomic E-state index is 11.9. The third kappa shape index (κ3) is 10.9. The molecule has 2 nitrogen and oxygen atoms in total. The van der Waals surface area contributed by atoms with E-state index in [-0.39, 0.29) is 38.3 Å². The van der Waals surface area contributed by atoms with Crippen molar-refractivity contribution in [2.75, 3.05) is 0 Å². The van der Waals surface area contributed by atoms with Crippen LogP contribution in [0, 0.1) is 23.7 Å². The van der Waals surface area contributed by atoms with Crippen molar-refractivity contribution in [1.82, 2.24) is 0 Å². The molecule has 0 N–H and O–H groups in total. The van der Waals surface area contributed by atoms with Gasteiger partial charge in [-0.05, 0) is 35.8 Å². The van der Waals surface area contributed by atoms with Crippen molar-refractivity contribution < 1.29 is 9.59 Å². The SMILES string of the molecule is C.C.CC(C)Cc1ccc(C(=O)C(C)C)cc1.CC(C)Cc1ccccc1C(=O)C(C)C. The number of Topliss-reactive ketones (excluding diaryl/α,β-unsaturated/α-hetero) is 2. The molecule has 180 valence electrons. The summed E-state index contributed by atoms with van der Waals surface area (Å²) in [5, 5.41) is 0. The maximum Gasteiger partial charge on any atom is 0.165 e. The normalized spacial score (nSPS) is 10.4. The quantitative estimate of drug-likeness (QED) is 0.385. The van der Waals surface area contributed by atoms with Crippen LogP contribution in [0.4, 0.5) is 0 Å². The Balaban J connectivity index is 0. The van der Waals surface area contributed by atoms with Crippen molar-refractivity contribution in [3.05, 3.63) is 70.8 Å². The van der Waals surface area contributed by atoms with E-state index in [0.29, 0.717) is 11.8 Å². The van der Waals surface area contributed by atoms with E-state index in [2.05, 4.69) is 45.9 Å². The van der Waals surface area contributed by atoms with E-state index in [0.717, 1.165) is 24.0 Å². The standard InChI is InChI=1S/2C14H20O.2CH4/c1-10(2)9-12-5-7-13(8-6-12)14(15)11(3)4;1-10(2)9-12-7-5-6-8-13(12)14(15)11(3)4;;/h2*5-8,10-11H,9H2,1-4H3;2*1H4. The van der Waals surface area contributed by atoms with E-state index in [4.69, 9.17) is 0 Å². The number of carbonyl (C=O) groups is 2. The smallest absolute Gasteiger partial charge is 0.165 e. The van der Waals surface area contributed by atoms with Gasteiger partial charge in [-0.25, -0.2) is 0 Å². The van der Waals surface area contributed by atoms with Gasteiger partial charge in [-0.1, -0.05) is 119 Å². The Morgan fingerprint density at radius 3 is 1.53 bits per heavy atom. The lowest BCUT2D eigenvalue weighted by molar-refractivity contribution is 0.0931. The van der Waals surface area contributed by atoms with Gasteiger partial charge in [0, 0.05) is 23.0 Å². The Kier molecular flexibility index (Phi) is 15.5. The molecule has 0 atom stereocenters. The molecule has 2 aromatic rings. The van der Waals surface area contributed by atoms with Gasteiger partial charge >= 0.3 is 0 Å². The zero-order valence-electron chi connectivity index (χ0n) is 20.2. The summed E-state index contributed by atoms with van der Waals surface area (Å²) < 4.78 is 0. The van der Waals surface area contributed by atoms with Gasteiger partial charge in [0.25, 0.3) is 0 Å². The first-order valence-electron chi connectivity index (χ1n) is 11.3. The van der Waals surface area contributed by atoms with Crippen LogP contribution in [-0.4, -0.2) is 11.6 Å². The zero-order chi connectivity index (χ0) is 22.8. The molecule has 0 spiro atoms. The van der Waals surface area contributed by atoms with E-state index in [1.807, 2.05) is 58.0 Å². The molecule has 2 rings (SSSR count). The Morgan fingerprint density at radius 2 is 1.09 bits per heavy atom. The predicted molar refractivity (Wildman–Crippen MR) is 142 cm³/mol. The molecule has 0 bridgehead atoms. The largest absolute Gasteiger partial charge is 0.294 e. The summed E-state index contributed by atoms with van der Waals surface area (Å²) in [4.78, 5) is 23.6. The molecule has 0 saturated carbocycles. The van der Waals surface area contributed by atoms with Crippen LogP contribution in [-0.2, 0) is 12.8 Å². The first-order valence-corrected chi connectivity index (χ1v) is 11.3. The van der Waals surface area contributed by atoms with Crippen molar-refractivity contribution >= 4 is 11.6 Å². The van der Waals surface area contributed by atoms with Crippen molar-refractivity contribution in [3.63, 3.8) is 0 Å². The number of carbonyl (C=O) groups excluding carboxylic acids is 2. The molecule has 0 amide bonds. The lowest BCUT2D eigenvalue weighted by Gasteiger charge is -2.12. The molecule has 0 radical (unpaired) electrons. The van der Waals surface area contributed by atoms with E-state index in [1.54, 1.807) is 0 Å². The van der Waals surface area contributed by atoms with E-state index >= 15 is 0 Å². The molecule has 0 aromatic heterocycles. The molecular formula is C30H48O2. The van der Waals surface area contributed by atoms with Crippen LogP contribution in [0.3, 0.4) is 0 Å². The number of hydrogen-bond donors (Lipinski definition) is 0. The fourth-order valence-electron chi connectivity index (χ4n) is 3.30. The highest BCUT2D eigenvalue weighted by Gasteiger charge is 2.14. The minimum atomic E-state index is 0. The van der Waals surface area contributed by atoms with Crippen LogP contribution >= 0.6 is 0 Å². The second-order valence-electron chi connectivity index (χ2n) is 9.59. The summed E-state index contributed by atoms with van der Waals surface area (Å²) in [5.41, 5.74) is 4.23. The Hall–Kier alpha value is -2.22. The third-order valence-corrected chi connectivity index (χ3v) is 4.84. The van der Waals surface area contributed by atoms with Gasteiger partial charge in [-0.15, -0.1) is 0 Å². The summed E-state index contributed by atoms with van der Waals surface area (Å²) in [6.07, 6.45) is 2.06. The van der Waals surface area contributed by atoms with Crippen LogP contribution in [0.2, 0.25) is 0 Å². The molecule has 0 unspecified atom stereocenters. The van der Waals surface area contributed by atoms with Crippen molar-refractivity contribution in [2.45, 2.75) is 83.1 Å². The summed E-state index contributed by atoms with van der Waals surface area (Å²) in [6.45, 7) is 16.5. The van der Waals surface area contributed by atoms with Crippen molar-refractivity contribution in [2.24, 2.45) is 23.7 Å². The topological polar surface area (TPSA) is 34.1 Å². The Labute approximate surface area is 198 Å². The van der Waals surface area contributed by atoms with E-state index in [9.17, 15) is 9.59 Å². The van der Waals surface area contributed by atoms with Crippen molar-refractivity contribution in [1.29, 1.82) is 0 Å². The van der Waals surface area contributed by atoms with E-state index < -0.39 is 0 Å². The highest BCUT2D eigenvalue weighted by molar-refractivity contribution is 5.98. The molecular weight excluding hydrogens is 392 g/mol. The first-order chi connectivity index (χ1) is 14.0. The lowest BCUT2D eigenvalue weighted by Crippen LogP contribution is -2.11. The second-order valence-corrected chi connectivity index (χ2v) is 9.59. The van der Waals surface area contributed by atoms with Gasteiger partial charge < -0.3 is 0 Å². The summed E-state index contributed by atoms with van der Waals surface area (Å²) in [6, 6.07) is 16.0. The van der Waals surface area contributed by atoms with Crippen LogP contribution in [0.15, 0.2) is 48.5 Å².